The second-order valence-corrected chi connectivity index (χ2v) is 9.71. The van der Waals surface area contributed by atoms with Gasteiger partial charge in [-0.05, 0) is 29.7 Å². The predicted molar refractivity (Wildman–Crippen MR) is 134 cm³/mol. The molecule has 6 nitrogen and oxygen atoms in total. The molecule has 3 aromatic rings. The molecule has 176 valence electrons. The number of para-hydroxylation sites is 1. The van der Waals surface area contributed by atoms with E-state index in [-0.39, 0.29) is 17.5 Å². The van der Waals surface area contributed by atoms with E-state index in [2.05, 4.69) is 27.0 Å². The van der Waals surface area contributed by atoms with Gasteiger partial charge < -0.3 is 14.7 Å². The molecule has 1 saturated heterocycles. The van der Waals surface area contributed by atoms with Gasteiger partial charge in [-0.1, -0.05) is 59.8 Å². The second-order valence-electron chi connectivity index (χ2n) is 8.38. The van der Waals surface area contributed by atoms with Crippen LogP contribution in [0, 0.1) is 5.82 Å². The molecule has 2 aliphatic rings. The first-order valence-electron chi connectivity index (χ1n) is 11.3. The van der Waals surface area contributed by atoms with Gasteiger partial charge in [0.2, 0.25) is 5.91 Å². The molecule has 0 atom stereocenters. The maximum Gasteiger partial charge on any atom is 0.233 e. The lowest BCUT2D eigenvalue weighted by molar-refractivity contribution is -0.129. The molecule has 1 fully saturated rings. The Hall–Kier alpha value is -2.84. The third-order valence-corrected chi connectivity index (χ3v) is 7.29. The molecule has 0 aliphatic carbocycles. The Kier molecular flexibility index (Phi) is 6.87. The fourth-order valence-corrected chi connectivity index (χ4v) is 5.41. The molecule has 5 rings (SSSR count). The fraction of sp³-hybridized carbons (Fsp3) is 0.320. The monoisotopic (exact) mass is 497 g/mol. The average molecular weight is 498 g/mol. The van der Waals surface area contributed by atoms with Crippen molar-refractivity contribution in [1.29, 1.82) is 0 Å². The summed E-state index contributed by atoms with van der Waals surface area (Å²) in [7, 11) is 0. The number of nitrogens with zero attached hydrogens (tertiary/aromatic N) is 5. The first kappa shape index (κ1) is 22.9. The van der Waals surface area contributed by atoms with E-state index < -0.39 is 0 Å². The molecule has 34 heavy (non-hydrogen) atoms. The second kappa shape index (κ2) is 10.2. The molecule has 0 radical (unpaired) electrons. The van der Waals surface area contributed by atoms with E-state index >= 15 is 0 Å². The van der Waals surface area contributed by atoms with Crippen molar-refractivity contribution in [2.75, 3.05) is 48.3 Å². The first-order valence-corrected chi connectivity index (χ1v) is 12.7. The van der Waals surface area contributed by atoms with Crippen molar-refractivity contribution in [2.45, 2.75) is 18.1 Å². The highest BCUT2D eigenvalue weighted by molar-refractivity contribution is 7.99. The van der Waals surface area contributed by atoms with Gasteiger partial charge >= 0.3 is 0 Å². The van der Waals surface area contributed by atoms with E-state index in [9.17, 15) is 9.18 Å². The van der Waals surface area contributed by atoms with Crippen LogP contribution in [0.15, 0.2) is 59.8 Å². The molecule has 9 heteroatoms. The van der Waals surface area contributed by atoms with Gasteiger partial charge in [0.25, 0.3) is 0 Å². The Morgan fingerprint density at radius 1 is 0.941 bits per heavy atom. The number of hydrogen-bond donors (Lipinski definition) is 0. The first-order chi connectivity index (χ1) is 16.6. The van der Waals surface area contributed by atoms with Gasteiger partial charge in [0.15, 0.2) is 5.16 Å². The zero-order valence-corrected chi connectivity index (χ0v) is 20.2. The smallest absolute Gasteiger partial charge is 0.233 e. The zero-order chi connectivity index (χ0) is 23.5. The van der Waals surface area contributed by atoms with Crippen molar-refractivity contribution in [2.24, 2.45) is 0 Å². The minimum atomic E-state index is -0.207. The summed E-state index contributed by atoms with van der Waals surface area (Å²) < 4.78 is 14.1. The molecule has 1 aromatic heterocycles. The van der Waals surface area contributed by atoms with E-state index in [0.29, 0.717) is 48.7 Å². The highest BCUT2D eigenvalue weighted by Crippen LogP contribution is 2.26. The van der Waals surface area contributed by atoms with Crippen LogP contribution in [0.5, 0.6) is 0 Å². The van der Waals surface area contributed by atoms with Crippen LogP contribution in [-0.2, 0) is 17.8 Å². The quantitative estimate of drug-likeness (QED) is 0.298. The number of fused-ring (bicyclic) bond motifs is 1. The van der Waals surface area contributed by atoms with Gasteiger partial charge in [-0.25, -0.2) is 14.4 Å². The van der Waals surface area contributed by atoms with Crippen LogP contribution in [0.3, 0.4) is 0 Å². The molecule has 0 bridgehead atoms. The molecule has 2 aliphatic heterocycles. The van der Waals surface area contributed by atoms with Crippen LogP contribution in [0.4, 0.5) is 15.9 Å². The Bertz CT molecular complexity index is 1190. The summed E-state index contributed by atoms with van der Waals surface area (Å²) in [5.74, 6) is 0.864. The molecule has 0 saturated carbocycles. The predicted octanol–water partition coefficient (Wildman–Crippen LogP) is 4.27. The minimum absolute atomic E-state index is 0.0723. The lowest BCUT2D eigenvalue weighted by atomic mass is 10.00. The summed E-state index contributed by atoms with van der Waals surface area (Å²) in [4.78, 5) is 27.8. The van der Waals surface area contributed by atoms with Gasteiger partial charge in [0.05, 0.1) is 11.4 Å². The number of carbonyl (C=O) groups is 1. The number of piperazine rings is 1. The Morgan fingerprint density at radius 3 is 2.44 bits per heavy atom. The van der Waals surface area contributed by atoms with Crippen molar-refractivity contribution >= 4 is 40.8 Å². The van der Waals surface area contributed by atoms with Crippen molar-refractivity contribution in [3.8, 4) is 0 Å². The molecule has 3 heterocycles. The Morgan fingerprint density at radius 2 is 1.65 bits per heavy atom. The van der Waals surface area contributed by atoms with E-state index in [0.717, 1.165) is 18.8 Å². The van der Waals surface area contributed by atoms with Crippen molar-refractivity contribution in [3.05, 3.63) is 76.7 Å². The molecule has 1 amide bonds. The highest BCUT2D eigenvalue weighted by Gasteiger charge is 2.23. The highest BCUT2D eigenvalue weighted by atomic mass is 35.5. The van der Waals surface area contributed by atoms with Crippen molar-refractivity contribution in [1.82, 2.24) is 14.9 Å². The summed E-state index contributed by atoms with van der Waals surface area (Å²) in [5.41, 5.74) is 3.15. The topological polar surface area (TPSA) is 52.6 Å². The number of carbonyl (C=O) groups excluding carboxylic acids is 1. The number of hydrogen-bond acceptors (Lipinski definition) is 6. The molecule has 0 unspecified atom stereocenters. The number of halogens is 2. The van der Waals surface area contributed by atoms with Crippen LogP contribution >= 0.6 is 23.4 Å². The van der Waals surface area contributed by atoms with Crippen molar-refractivity contribution in [3.63, 3.8) is 0 Å². The fourth-order valence-electron chi connectivity index (χ4n) is 4.42. The Balaban J connectivity index is 1.19. The summed E-state index contributed by atoms with van der Waals surface area (Å²) in [5, 5.41) is 0.841. The number of amides is 1. The van der Waals surface area contributed by atoms with Gasteiger partial charge in [-0.2, -0.15) is 0 Å². The lowest BCUT2D eigenvalue weighted by Crippen LogP contribution is -2.47. The maximum absolute atomic E-state index is 14.1. The number of anilines is 2. The number of rotatable bonds is 5. The van der Waals surface area contributed by atoms with Crippen LogP contribution in [0.1, 0.15) is 11.1 Å². The molecule has 2 aromatic carbocycles. The van der Waals surface area contributed by atoms with Gasteiger partial charge in [-0.15, -0.1) is 0 Å². The average Bonchev–Trinajstić information content (AvgIpc) is 2.87. The van der Waals surface area contributed by atoms with E-state index in [1.165, 1.54) is 29.0 Å². The summed E-state index contributed by atoms with van der Waals surface area (Å²) in [6.45, 7) is 4.11. The van der Waals surface area contributed by atoms with Gasteiger partial charge in [0, 0.05) is 45.3 Å². The normalized spacial score (nSPS) is 15.9. The zero-order valence-electron chi connectivity index (χ0n) is 18.7. The van der Waals surface area contributed by atoms with E-state index in [1.54, 1.807) is 18.2 Å². The summed E-state index contributed by atoms with van der Waals surface area (Å²) >= 11 is 7.60. The van der Waals surface area contributed by atoms with Crippen LogP contribution < -0.4 is 9.80 Å². The van der Waals surface area contributed by atoms with Crippen molar-refractivity contribution < 1.29 is 9.18 Å². The van der Waals surface area contributed by atoms with Crippen LogP contribution in [-0.4, -0.2) is 59.3 Å². The largest absolute Gasteiger partial charge is 0.366 e. The van der Waals surface area contributed by atoms with Crippen LogP contribution in [0.2, 0.25) is 5.15 Å². The Labute approximate surface area is 207 Å². The molecule has 0 N–H and O–H groups in total. The number of aromatic nitrogens is 2. The third-order valence-electron chi connectivity index (χ3n) is 6.27. The summed E-state index contributed by atoms with van der Waals surface area (Å²) in [6, 6.07) is 16.9. The SMILES string of the molecule is O=C(CSc1nc(Cl)cc(N2CCN(c3ccccc3F)CC2)n1)N1CCc2ccccc2C1. The molecular weight excluding hydrogens is 473 g/mol. The van der Waals surface area contributed by atoms with Gasteiger partial charge in [-0.3, -0.25) is 4.79 Å². The van der Waals surface area contributed by atoms with E-state index in [1.807, 2.05) is 28.0 Å². The number of thioether (sulfide) groups is 1. The lowest BCUT2D eigenvalue weighted by Gasteiger charge is -2.36. The van der Waals surface area contributed by atoms with Gasteiger partial charge in [0.1, 0.15) is 16.8 Å². The molecular formula is C25H25ClFN5OS. The maximum atomic E-state index is 14.1. The van der Waals surface area contributed by atoms with Crippen LogP contribution in [0.25, 0.3) is 0 Å². The molecule has 0 spiro atoms. The van der Waals surface area contributed by atoms with E-state index in [4.69, 9.17) is 11.6 Å². The minimum Gasteiger partial charge on any atom is -0.366 e. The number of benzene rings is 2. The standard InChI is InChI=1S/C25H25ClFN5OS/c26-22-15-23(31-13-11-30(12-14-31)21-8-4-3-7-20(21)27)29-25(28-22)34-17-24(33)32-10-9-18-5-1-2-6-19(18)16-32/h1-8,15H,9-14,16-17H2. The third kappa shape index (κ3) is 5.13. The summed E-state index contributed by atoms with van der Waals surface area (Å²) in [6.07, 6.45) is 0.878.